The minimum atomic E-state index is 0.0302. The van der Waals surface area contributed by atoms with Gasteiger partial charge in [-0.25, -0.2) is 0 Å². The summed E-state index contributed by atoms with van der Waals surface area (Å²) in [6.45, 7) is 4.18. The smallest absolute Gasteiger partial charge is 0.203 e. The molecule has 1 aromatic carbocycles. The number of hydrogen-bond donors (Lipinski definition) is 1. The lowest BCUT2D eigenvalue weighted by molar-refractivity contribution is 0.0863. The fourth-order valence-corrected chi connectivity index (χ4v) is 3.38. The van der Waals surface area contributed by atoms with Crippen molar-refractivity contribution in [1.82, 2.24) is 5.32 Å². The van der Waals surface area contributed by atoms with Crippen molar-refractivity contribution >= 4 is 6.29 Å². The highest BCUT2D eigenvalue weighted by Gasteiger charge is 2.43. The van der Waals surface area contributed by atoms with Gasteiger partial charge in [-0.2, -0.15) is 0 Å². The molecule has 1 aromatic rings. The third-order valence-corrected chi connectivity index (χ3v) is 4.67. The van der Waals surface area contributed by atoms with Crippen molar-refractivity contribution in [1.29, 1.82) is 0 Å². The molecule has 101 valence electrons. The Hall–Kier alpha value is -1.35. The van der Waals surface area contributed by atoms with Crippen molar-refractivity contribution in [3.05, 3.63) is 29.3 Å². The van der Waals surface area contributed by atoms with Crippen LogP contribution >= 0.6 is 0 Å². The molecule has 1 aliphatic carbocycles. The van der Waals surface area contributed by atoms with Gasteiger partial charge < -0.3 is 4.74 Å². The van der Waals surface area contributed by atoms with E-state index in [9.17, 15) is 4.79 Å². The van der Waals surface area contributed by atoms with E-state index in [0.717, 1.165) is 25.0 Å². The van der Waals surface area contributed by atoms with Gasteiger partial charge >= 0.3 is 0 Å². The Morgan fingerprint density at radius 3 is 2.89 bits per heavy atom. The highest BCUT2D eigenvalue weighted by molar-refractivity contribution is 5.57. The van der Waals surface area contributed by atoms with Gasteiger partial charge in [-0.05, 0) is 49.8 Å². The number of carbonyl (C=O) groups excluding carboxylic acids is 1. The average Bonchev–Trinajstić information content (AvgIpc) is 2.65. The molecule has 0 spiro atoms. The zero-order valence-corrected chi connectivity index (χ0v) is 11.5. The normalized spacial score (nSPS) is 33.2. The van der Waals surface area contributed by atoms with Gasteiger partial charge in [-0.3, -0.25) is 10.1 Å². The fourth-order valence-electron chi connectivity index (χ4n) is 3.38. The predicted octanol–water partition coefficient (Wildman–Crippen LogP) is 2.51. The summed E-state index contributed by atoms with van der Waals surface area (Å²) in [5.41, 5.74) is 2.44. The molecule has 1 saturated carbocycles. The Balaban J connectivity index is 1.72. The molecule has 0 aromatic heterocycles. The molecule has 1 radical (unpaired) electrons. The van der Waals surface area contributed by atoms with Gasteiger partial charge in [0.15, 0.2) is 6.23 Å². The number of fused-ring (bicyclic) bond motifs is 2. The molecule has 3 rings (SSSR count). The minimum Gasteiger partial charge on any atom is -0.475 e. The fraction of sp³-hybridized carbons (Fsp3) is 0.562. The number of nitrogens with one attached hydrogen (secondary N) is 1. The first-order chi connectivity index (χ1) is 9.19. The molecular formula is C16H20NO2. The van der Waals surface area contributed by atoms with Gasteiger partial charge in [0.05, 0.1) is 0 Å². The molecule has 3 nitrogen and oxygen atoms in total. The molecule has 2 fully saturated rings. The van der Waals surface area contributed by atoms with Gasteiger partial charge in [-0.1, -0.05) is 12.1 Å². The molecule has 1 heterocycles. The van der Waals surface area contributed by atoms with E-state index in [2.05, 4.69) is 31.5 Å². The quantitative estimate of drug-likeness (QED) is 0.905. The van der Waals surface area contributed by atoms with Crippen LogP contribution in [-0.2, 0) is 4.79 Å². The molecule has 0 amide bonds. The van der Waals surface area contributed by atoms with Crippen LogP contribution in [0.4, 0.5) is 0 Å². The molecule has 1 aliphatic heterocycles. The third kappa shape index (κ3) is 2.27. The standard InChI is InChI=1S/C16H20NO2/c1-10-4-3-5-15(11(10)2)19-16-8-12-6-7-14(17-16)13(12)9-18/h3-5,12-14,16-17H,6-8H2,1-2H3. The maximum absolute atomic E-state index is 11.0. The van der Waals surface area contributed by atoms with Crippen LogP contribution in [0.25, 0.3) is 0 Å². The van der Waals surface area contributed by atoms with Crippen molar-refractivity contribution in [2.75, 3.05) is 0 Å². The molecule has 4 atom stereocenters. The van der Waals surface area contributed by atoms with E-state index in [1.165, 1.54) is 11.1 Å². The topological polar surface area (TPSA) is 38.3 Å². The second-order valence-electron chi connectivity index (χ2n) is 5.79. The number of benzene rings is 1. The zero-order chi connectivity index (χ0) is 13.4. The summed E-state index contributed by atoms with van der Waals surface area (Å²) in [4.78, 5) is 11.0. The average molecular weight is 258 g/mol. The number of ether oxygens (including phenoxy) is 1. The van der Waals surface area contributed by atoms with Crippen molar-refractivity contribution < 1.29 is 9.53 Å². The zero-order valence-electron chi connectivity index (χ0n) is 11.5. The number of piperidine rings is 1. The lowest BCUT2D eigenvalue weighted by Crippen LogP contribution is -2.50. The van der Waals surface area contributed by atoms with Crippen molar-refractivity contribution in [3.8, 4) is 5.75 Å². The van der Waals surface area contributed by atoms with Crippen molar-refractivity contribution in [2.45, 2.75) is 45.4 Å². The van der Waals surface area contributed by atoms with Crippen LogP contribution < -0.4 is 10.1 Å². The Morgan fingerprint density at radius 2 is 2.16 bits per heavy atom. The van der Waals surface area contributed by atoms with E-state index in [1.54, 1.807) is 0 Å². The van der Waals surface area contributed by atoms with Gasteiger partial charge in [0, 0.05) is 18.4 Å². The van der Waals surface area contributed by atoms with Crippen molar-refractivity contribution in [2.24, 2.45) is 11.8 Å². The van der Waals surface area contributed by atoms with Crippen LogP contribution in [0.2, 0.25) is 0 Å². The van der Waals surface area contributed by atoms with E-state index in [1.807, 2.05) is 12.1 Å². The summed E-state index contributed by atoms with van der Waals surface area (Å²) in [6.07, 6.45) is 5.32. The van der Waals surface area contributed by atoms with Crippen LogP contribution in [-0.4, -0.2) is 18.6 Å². The Kier molecular flexibility index (Phi) is 3.31. The minimum absolute atomic E-state index is 0.0302. The highest BCUT2D eigenvalue weighted by atomic mass is 16.5. The summed E-state index contributed by atoms with van der Waals surface area (Å²) in [6, 6.07) is 6.39. The Bertz CT molecular complexity index is 472. The second-order valence-corrected chi connectivity index (χ2v) is 5.79. The Labute approximate surface area is 114 Å². The Morgan fingerprint density at radius 1 is 1.32 bits per heavy atom. The molecular weight excluding hydrogens is 238 g/mol. The summed E-state index contributed by atoms with van der Waals surface area (Å²) in [7, 11) is 0. The van der Waals surface area contributed by atoms with Gasteiger partial charge in [0.1, 0.15) is 5.75 Å². The molecule has 19 heavy (non-hydrogen) atoms. The van der Waals surface area contributed by atoms with E-state index < -0.39 is 0 Å². The van der Waals surface area contributed by atoms with Gasteiger partial charge in [-0.15, -0.1) is 0 Å². The number of hydrogen-bond acceptors (Lipinski definition) is 3. The summed E-state index contributed by atoms with van der Waals surface area (Å²) in [5.74, 6) is 1.46. The lowest BCUT2D eigenvalue weighted by atomic mass is 9.88. The first kappa shape index (κ1) is 12.7. The SMILES string of the molecule is Cc1cccc(OC2CC3CCC(N2)C3[C]=O)c1C. The molecule has 2 aliphatic rings. The van der Waals surface area contributed by atoms with E-state index in [0.29, 0.717) is 5.92 Å². The highest BCUT2D eigenvalue weighted by Crippen LogP contribution is 2.39. The largest absolute Gasteiger partial charge is 0.475 e. The second kappa shape index (κ2) is 4.97. The summed E-state index contributed by atoms with van der Waals surface area (Å²) < 4.78 is 6.10. The van der Waals surface area contributed by atoms with Crippen LogP contribution in [0.3, 0.4) is 0 Å². The number of rotatable bonds is 3. The van der Waals surface area contributed by atoms with Crippen LogP contribution in [0.15, 0.2) is 18.2 Å². The van der Waals surface area contributed by atoms with Crippen LogP contribution in [0, 0.1) is 25.7 Å². The van der Waals surface area contributed by atoms with Crippen LogP contribution in [0.5, 0.6) is 5.75 Å². The molecule has 1 N–H and O–H groups in total. The maximum Gasteiger partial charge on any atom is 0.203 e. The van der Waals surface area contributed by atoms with Crippen LogP contribution in [0.1, 0.15) is 30.4 Å². The van der Waals surface area contributed by atoms with E-state index in [4.69, 9.17) is 4.74 Å². The summed E-state index contributed by atoms with van der Waals surface area (Å²) >= 11 is 0. The molecule has 1 saturated heterocycles. The first-order valence-corrected chi connectivity index (χ1v) is 7.05. The van der Waals surface area contributed by atoms with Gasteiger partial charge in [0.25, 0.3) is 0 Å². The first-order valence-electron chi connectivity index (χ1n) is 7.05. The monoisotopic (exact) mass is 258 g/mol. The predicted molar refractivity (Wildman–Crippen MR) is 73.8 cm³/mol. The number of aryl methyl sites for hydroxylation is 1. The summed E-state index contributed by atoms with van der Waals surface area (Å²) in [5, 5.41) is 3.46. The van der Waals surface area contributed by atoms with Crippen molar-refractivity contribution in [3.63, 3.8) is 0 Å². The van der Waals surface area contributed by atoms with Gasteiger partial charge in [0.2, 0.25) is 6.29 Å². The molecule has 3 heteroatoms. The maximum atomic E-state index is 11.0. The molecule has 4 unspecified atom stereocenters. The lowest BCUT2D eigenvalue weighted by Gasteiger charge is -2.33. The molecule has 2 bridgehead atoms. The van der Waals surface area contributed by atoms with E-state index in [-0.39, 0.29) is 18.2 Å². The van der Waals surface area contributed by atoms with E-state index >= 15 is 0 Å². The third-order valence-electron chi connectivity index (χ3n) is 4.67.